The summed E-state index contributed by atoms with van der Waals surface area (Å²) in [6.07, 6.45) is 0.676. The number of halogens is 4. The second kappa shape index (κ2) is 7.41. The van der Waals surface area contributed by atoms with Gasteiger partial charge in [0, 0.05) is 6.21 Å². The van der Waals surface area contributed by atoms with Crippen LogP contribution in [0.5, 0.6) is 0 Å². The summed E-state index contributed by atoms with van der Waals surface area (Å²) in [5, 5.41) is 27.6. The highest BCUT2D eigenvalue weighted by molar-refractivity contribution is 9.10. The molecule has 3 N–H and O–H groups in total. The van der Waals surface area contributed by atoms with Crippen LogP contribution in [-0.2, 0) is 4.79 Å². The van der Waals surface area contributed by atoms with Crippen molar-refractivity contribution in [2.45, 2.75) is 13.0 Å². The number of nitrogens with zero attached hydrogens (tertiary/aromatic N) is 1. The van der Waals surface area contributed by atoms with E-state index in [1.807, 2.05) is 0 Å². The number of hydrogen-bond donors (Lipinski definition) is 3. The van der Waals surface area contributed by atoms with Crippen LogP contribution >= 0.6 is 15.9 Å². The molecule has 5 nitrogen and oxygen atoms in total. The fourth-order valence-corrected chi connectivity index (χ4v) is 1.65. The molecular weight excluding hydrogens is 371 g/mol. The fourth-order valence-electron chi connectivity index (χ4n) is 1.36. The summed E-state index contributed by atoms with van der Waals surface area (Å²) < 4.78 is 39.8. The van der Waals surface area contributed by atoms with Crippen molar-refractivity contribution in [2.75, 3.05) is 6.61 Å². The number of aliphatic imine (C=N–C) groups is 1. The normalized spacial score (nSPS) is 14.1. The van der Waals surface area contributed by atoms with Crippen LogP contribution < -0.4 is 0 Å². The molecule has 0 radical (unpaired) electrons. The first-order chi connectivity index (χ1) is 10.2. The summed E-state index contributed by atoms with van der Waals surface area (Å²) in [6, 6.07) is -0.227. The zero-order valence-electron chi connectivity index (χ0n) is 11.1. The second-order valence-electron chi connectivity index (χ2n) is 4.23. The van der Waals surface area contributed by atoms with E-state index in [1.165, 1.54) is 6.92 Å². The zero-order valence-corrected chi connectivity index (χ0v) is 12.7. The van der Waals surface area contributed by atoms with Gasteiger partial charge in [-0.15, -0.1) is 0 Å². The minimum atomic E-state index is -1.69. The number of carboxylic acids is 1. The molecule has 0 amide bonds. The van der Waals surface area contributed by atoms with Gasteiger partial charge in [0.25, 0.3) is 0 Å². The molecule has 1 aromatic rings. The van der Waals surface area contributed by atoms with Crippen molar-refractivity contribution in [1.29, 1.82) is 0 Å². The van der Waals surface area contributed by atoms with E-state index < -0.39 is 50.8 Å². The maximum atomic E-state index is 13.7. The number of hydrogen-bond acceptors (Lipinski definition) is 4. The lowest BCUT2D eigenvalue weighted by molar-refractivity contribution is -0.132. The predicted octanol–water partition coefficient (Wildman–Crippen LogP) is 2.67. The third-order valence-corrected chi connectivity index (χ3v) is 3.29. The Morgan fingerprint density at radius 1 is 1.36 bits per heavy atom. The van der Waals surface area contributed by atoms with Crippen LogP contribution in [0.25, 0.3) is 5.76 Å². The lowest BCUT2D eigenvalue weighted by atomic mass is 10.1. The van der Waals surface area contributed by atoms with Crippen LogP contribution in [0, 0.1) is 17.5 Å². The Labute approximate surface area is 131 Å². The van der Waals surface area contributed by atoms with Crippen LogP contribution in [0.3, 0.4) is 0 Å². The average molecular weight is 382 g/mol. The van der Waals surface area contributed by atoms with Gasteiger partial charge in [-0.3, -0.25) is 4.99 Å². The summed E-state index contributed by atoms with van der Waals surface area (Å²) in [6.45, 7) is 1.06. The van der Waals surface area contributed by atoms with Crippen molar-refractivity contribution in [2.24, 2.45) is 4.99 Å². The molecule has 0 saturated heterocycles. The van der Waals surface area contributed by atoms with E-state index in [4.69, 9.17) is 10.2 Å². The first kappa shape index (κ1) is 18.2. The minimum absolute atomic E-state index is 0.389. The molecule has 0 aromatic heterocycles. The Bertz CT molecular complexity index is 661. The monoisotopic (exact) mass is 381 g/mol. The van der Waals surface area contributed by atoms with Crippen molar-refractivity contribution < 1.29 is 33.3 Å². The van der Waals surface area contributed by atoms with Gasteiger partial charge in [0.2, 0.25) is 0 Å². The van der Waals surface area contributed by atoms with E-state index in [1.54, 1.807) is 0 Å². The number of benzene rings is 1. The molecule has 0 aliphatic carbocycles. The van der Waals surface area contributed by atoms with Crippen LogP contribution in [0.15, 0.2) is 21.1 Å². The van der Waals surface area contributed by atoms with E-state index in [2.05, 4.69) is 20.9 Å². The number of rotatable bonds is 5. The Hall–Kier alpha value is -1.87. The van der Waals surface area contributed by atoms with E-state index >= 15 is 0 Å². The summed E-state index contributed by atoms with van der Waals surface area (Å²) >= 11 is 2.48. The van der Waals surface area contributed by atoms with Crippen LogP contribution in [0.4, 0.5) is 13.2 Å². The fraction of sp³-hybridized carbons (Fsp3) is 0.231. The summed E-state index contributed by atoms with van der Waals surface area (Å²) in [7, 11) is 0. The van der Waals surface area contributed by atoms with Gasteiger partial charge < -0.3 is 15.3 Å². The Morgan fingerprint density at radius 3 is 2.45 bits per heavy atom. The van der Waals surface area contributed by atoms with Gasteiger partial charge in [-0.25, -0.2) is 18.0 Å². The highest BCUT2D eigenvalue weighted by Gasteiger charge is 2.23. The Balaban J connectivity index is 3.49. The zero-order chi connectivity index (χ0) is 17.0. The van der Waals surface area contributed by atoms with Gasteiger partial charge in [0.15, 0.2) is 11.6 Å². The molecular formula is C13H11BrF3NO4. The molecule has 0 aliphatic rings. The first-order valence-electron chi connectivity index (χ1n) is 5.84. The highest BCUT2D eigenvalue weighted by Crippen LogP contribution is 2.28. The summed E-state index contributed by atoms with van der Waals surface area (Å²) in [5.74, 6) is -7.32. The average Bonchev–Trinajstić information content (AvgIpc) is 2.48. The maximum absolute atomic E-state index is 13.7. The smallest absolute Gasteiger partial charge is 0.341 e. The minimum Gasteiger partial charge on any atom is -0.506 e. The molecule has 0 bridgehead atoms. The van der Waals surface area contributed by atoms with E-state index in [0.717, 1.165) is 0 Å². The largest absolute Gasteiger partial charge is 0.506 e. The maximum Gasteiger partial charge on any atom is 0.341 e. The molecule has 1 atom stereocenters. The Kier molecular flexibility index (Phi) is 6.12. The van der Waals surface area contributed by atoms with Gasteiger partial charge in [-0.1, -0.05) is 0 Å². The van der Waals surface area contributed by atoms with Gasteiger partial charge in [0.1, 0.15) is 17.1 Å². The molecule has 0 heterocycles. The molecule has 9 heteroatoms. The van der Waals surface area contributed by atoms with E-state index in [0.29, 0.717) is 12.3 Å². The number of aliphatic hydroxyl groups excluding tert-OH is 2. The summed E-state index contributed by atoms with van der Waals surface area (Å²) in [5.41, 5.74) is -1.83. The van der Waals surface area contributed by atoms with Crippen molar-refractivity contribution in [3.63, 3.8) is 0 Å². The molecule has 0 aliphatic heterocycles. The lowest BCUT2D eigenvalue weighted by Crippen LogP contribution is -2.11. The van der Waals surface area contributed by atoms with Crippen molar-refractivity contribution in [3.05, 3.63) is 39.1 Å². The molecule has 120 valence electrons. The topological polar surface area (TPSA) is 90.1 Å². The summed E-state index contributed by atoms with van der Waals surface area (Å²) in [4.78, 5) is 14.7. The quantitative estimate of drug-likeness (QED) is 0.240. The molecule has 1 aromatic carbocycles. The first-order valence-corrected chi connectivity index (χ1v) is 6.63. The van der Waals surface area contributed by atoms with Crippen LogP contribution in [0.1, 0.15) is 12.5 Å². The highest BCUT2D eigenvalue weighted by atomic mass is 79.9. The van der Waals surface area contributed by atoms with E-state index in [-0.39, 0.29) is 6.61 Å². The van der Waals surface area contributed by atoms with Crippen LogP contribution in [0.2, 0.25) is 0 Å². The van der Waals surface area contributed by atoms with Gasteiger partial charge >= 0.3 is 5.97 Å². The number of aliphatic carboxylic acids is 1. The number of carboxylic acid groups (broad SMARTS) is 1. The molecule has 0 spiro atoms. The third kappa shape index (κ3) is 3.86. The van der Waals surface area contributed by atoms with Crippen LogP contribution in [-0.4, -0.2) is 40.2 Å². The van der Waals surface area contributed by atoms with Gasteiger partial charge in [-0.05, 0) is 28.9 Å². The standard InChI is InChI=1S/C13H11BrF3NO4/c1-5(4-19)18-3-7(13(21)22)12(20)6-2-8(15)9(14)11(17)10(6)16/h2-3,5,19-20H,4H2,1H3,(H,21,22)/t5-/m1/s1. The van der Waals surface area contributed by atoms with Gasteiger partial charge in [0.05, 0.1) is 22.7 Å². The molecule has 0 fully saturated rings. The van der Waals surface area contributed by atoms with Crippen molar-refractivity contribution in [1.82, 2.24) is 0 Å². The molecule has 1 rings (SSSR count). The molecule has 22 heavy (non-hydrogen) atoms. The third-order valence-electron chi connectivity index (χ3n) is 2.57. The van der Waals surface area contributed by atoms with Gasteiger partial charge in [-0.2, -0.15) is 0 Å². The molecule has 0 unspecified atom stereocenters. The number of aliphatic hydroxyl groups is 2. The van der Waals surface area contributed by atoms with Crippen molar-refractivity contribution in [3.8, 4) is 0 Å². The predicted molar refractivity (Wildman–Crippen MR) is 76.2 cm³/mol. The van der Waals surface area contributed by atoms with Crippen molar-refractivity contribution >= 4 is 33.9 Å². The lowest BCUT2D eigenvalue weighted by Gasteiger charge is -2.08. The Morgan fingerprint density at radius 2 is 1.95 bits per heavy atom. The SMILES string of the molecule is C[C@H](CO)N=CC(C(=O)O)=C(O)c1cc(F)c(Br)c(F)c1F. The van der Waals surface area contributed by atoms with E-state index in [9.17, 15) is 23.1 Å². The number of carbonyl (C=O) groups is 1. The molecule has 0 saturated carbocycles. The second-order valence-corrected chi connectivity index (χ2v) is 5.02.